The lowest BCUT2D eigenvalue weighted by Gasteiger charge is -2.25. The van der Waals surface area contributed by atoms with E-state index in [-0.39, 0.29) is 24.0 Å². The summed E-state index contributed by atoms with van der Waals surface area (Å²) in [6.07, 6.45) is 6.59. The highest BCUT2D eigenvalue weighted by Gasteiger charge is 2.21. The summed E-state index contributed by atoms with van der Waals surface area (Å²) >= 11 is 1.90. The smallest absolute Gasteiger partial charge is 0.191 e. The highest BCUT2D eigenvalue weighted by atomic mass is 127. The molecule has 1 aromatic rings. The van der Waals surface area contributed by atoms with Crippen LogP contribution >= 0.6 is 35.7 Å². The number of nitrogens with one attached hydrogen (secondary N) is 2. The summed E-state index contributed by atoms with van der Waals surface area (Å²) in [5, 5.41) is 11.3. The van der Waals surface area contributed by atoms with Crippen molar-refractivity contribution in [2.75, 3.05) is 25.1 Å². The number of hydrogen-bond acceptors (Lipinski definition) is 4. The lowest BCUT2D eigenvalue weighted by atomic mass is 10.1. The molecule has 2 heterocycles. The first-order valence-corrected chi connectivity index (χ1v) is 9.56. The minimum absolute atomic E-state index is 0. The summed E-state index contributed by atoms with van der Waals surface area (Å²) in [4.78, 5) is 9.14. The second kappa shape index (κ2) is 11.1. The minimum Gasteiger partial charge on any atom is -0.357 e. The summed E-state index contributed by atoms with van der Waals surface area (Å²) in [6, 6.07) is 0.373. The van der Waals surface area contributed by atoms with Crippen LogP contribution in [0.3, 0.4) is 0 Å². The third-order valence-electron chi connectivity index (χ3n) is 3.68. The molecule has 23 heavy (non-hydrogen) atoms. The van der Waals surface area contributed by atoms with Crippen LogP contribution in [0, 0.1) is 6.92 Å². The molecular formula is C15H29IN6S. The Labute approximate surface area is 160 Å². The standard InChI is InChI=1S/C15H28N6S.HI/c1-4-16-15(17-9-5-6-10-22-3)19-13-7-8-14-18-12(2)20-21(14)11-13;/h13H,4-11H2,1-3H3,(H2,16,17,19);1H. The Morgan fingerprint density at radius 1 is 1.43 bits per heavy atom. The average Bonchev–Trinajstić information content (AvgIpc) is 2.86. The molecule has 0 spiro atoms. The summed E-state index contributed by atoms with van der Waals surface area (Å²) in [5.41, 5.74) is 0. The second-order valence-electron chi connectivity index (χ2n) is 5.60. The number of aromatic nitrogens is 3. The molecule has 2 rings (SSSR count). The lowest BCUT2D eigenvalue weighted by molar-refractivity contribution is 0.392. The van der Waals surface area contributed by atoms with Gasteiger partial charge in [-0.25, -0.2) is 9.67 Å². The molecule has 132 valence electrons. The van der Waals surface area contributed by atoms with Crippen molar-refractivity contribution in [3.8, 4) is 0 Å². The SMILES string of the molecule is CCNC(=NCCCCSC)NC1CCc2nc(C)nn2C1.I. The van der Waals surface area contributed by atoms with Gasteiger partial charge in [0.25, 0.3) is 0 Å². The van der Waals surface area contributed by atoms with E-state index in [1.54, 1.807) is 0 Å². The van der Waals surface area contributed by atoms with Gasteiger partial charge in [-0.2, -0.15) is 16.9 Å². The lowest BCUT2D eigenvalue weighted by Crippen LogP contribution is -2.47. The predicted molar refractivity (Wildman–Crippen MR) is 109 cm³/mol. The van der Waals surface area contributed by atoms with E-state index in [9.17, 15) is 0 Å². The molecule has 0 radical (unpaired) electrons. The maximum absolute atomic E-state index is 4.68. The first-order chi connectivity index (χ1) is 10.7. The normalized spacial score (nSPS) is 17.3. The number of fused-ring (bicyclic) bond motifs is 1. The fraction of sp³-hybridized carbons (Fsp3) is 0.800. The van der Waals surface area contributed by atoms with E-state index in [4.69, 9.17) is 0 Å². The number of aliphatic imine (C=N–C) groups is 1. The van der Waals surface area contributed by atoms with E-state index in [0.717, 1.165) is 56.5 Å². The molecule has 1 atom stereocenters. The van der Waals surface area contributed by atoms with Gasteiger partial charge < -0.3 is 10.6 Å². The number of unbranched alkanes of at least 4 members (excludes halogenated alkanes) is 1. The Hall–Kier alpha value is -0.510. The van der Waals surface area contributed by atoms with Crippen LogP contribution in [-0.4, -0.2) is 51.9 Å². The van der Waals surface area contributed by atoms with Gasteiger partial charge in [-0.05, 0) is 45.1 Å². The molecule has 6 nitrogen and oxygen atoms in total. The van der Waals surface area contributed by atoms with E-state index in [1.807, 2.05) is 23.4 Å². The number of thioether (sulfide) groups is 1. The van der Waals surface area contributed by atoms with Gasteiger partial charge in [-0.3, -0.25) is 4.99 Å². The highest BCUT2D eigenvalue weighted by molar-refractivity contribution is 14.0. The van der Waals surface area contributed by atoms with Crippen LogP contribution in [0.15, 0.2) is 4.99 Å². The van der Waals surface area contributed by atoms with Crippen molar-refractivity contribution in [1.29, 1.82) is 0 Å². The van der Waals surface area contributed by atoms with Gasteiger partial charge in [0.2, 0.25) is 0 Å². The fourth-order valence-electron chi connectivity index (χ4n) is 2.61. The zero-order valence-electron chi connectivity index (χ0n) is 14.3. The summed E-state index contributed by atoms with van der Waals surface area (Å²) in [6.45, 7) is 6.69. The Morgan fingerprint density at radius 2 is 2.26 bits per heavy atom. The van der Waals surface area contributed by atoms with Crippen LogP contribution in [-0.2, 0) is 13.0 Å². The van der Waals surface area contributed by atoms with Gasteiger partial charge in [0.05, 0.1) is 6.54 Å². The first kappa shape index (κ1) is 20.5. The van der Waals surface area contributed by atoms with Gasteiger partial charge in [0, 0.05) is 25.6 Å². The van der Waals surface area contributed by atoms with Crippen molar-refractivity contribution in [3.63, 3.8) is 0 Å². The molecule has 1 aliphatic rings. The van der Waals surface area contributed by atoms with E-state index in [2.05, 4.69) is 38.9 Å². The third kappa shape index (κ3) is 6.86. The fourth-order valence-corrected chi connectivity index (χ4v) is 3.11. The highest BCUT2D eigenvalue weighted by Crippen LogP contribution is 2.12. The maximum Gasteiger partial charge on any atom is 0.191 e. The summed E-state index contributed by atoms with van der Waals surface area (Å²) in [7, 11) is 0. The summed E-state index contributed by atoms with van der Waals surface area (Å²) < 4.78 is 2.03. The molecule has 2 N–H and O–H groups in total. The molecule has 8 heteroatoms. The van der Waals surface area contributed by atoms with Crippen molar-refractivity contribution in [2.45, 2.75) is 52.1 Å². The molecule has 1 aliphatic heterocycles. The van der Waals surface area contributed by atoms with Crippen molar-refractivity contribution in [2.24, 2.45) is 4.99 Å². The van der Waals surface area contributed by atoms with Crippen molar-refractivity contribution in [3.05, 3.63) is 11.6 Å². The number of nitrogens with zero attached hydrogens (tertiary/aromatic N) is 4. The van der Waals surface area contributed by atoms with Gasteiger partial charge in [0.1, 0.15) is 11.6 Å². The molecule has 0 saturated carbocycles. The molecule has 0 aromatic carbocycles. The molecular weight excluding hydrogens is 423 g/mol. The van der Waals surface area contributed by atoms with Crippen LogP contribution in [0.2, 0.25) is 0 Å². The monoisotopic (exact) mass is 452 g/mol. The van der Waals surface area contributed by atoms with Crippen LogP contribution in [0.25, 0.3) is 0 Å². The molecule has 0 aliphatic carbocycles. The quantitative estimate of drug-likeness (QED) is 0.288. The first-order valence-electron chi connectivity index (χ1n) is 8.17. The van der Waals surface area contributed by atoms with Crippen LogP contribution < -0.4 is 10.6 Å². The number of hydrogen-bond donors (Lipinski definition) is 2. The van der Waals surface area contributed by atoms with Gasteiger partial charge in [-0.1, -0.05) is 0 Å². The zero-order chi connectivity index (χ0) is 15.8. The van der Waals surface area contributed by atoms with E-state index in [1.165, 1.54) is 12.2 Å². The molecule has 0 amide bonds. The molecule has 1 unspecified atom stereocenters. The van der Waals surface area contributed by atoms with Crippen molar-refractivity contribution in [1.82, 2.24) is 25.4 Å². The van der Waals surface area contributed by atoms with E-state index < -0.39 is 0 Å². The Balaban J connectivity index is 0.00000264. The Morgan fingerprint density at radius 3 is 3.00 bits per heavy atom. The number of rotatable bonds is 7. The van der Waals surface area contributed by atoms with Crippen LogP contribution in [0.5, 0.6) is 0 Å². The van der Waals surface area contributed by atoms with Crippen molar-refractivity contribution >= 4 is 41.7 Å². The number of aryl methyl sites for hydroxylation is 2. The Bertz CT molecular complexity index is 490. The van der Waals surface area contributed by atoms with Crippen molar-refractivity contribution < 1.29 is 0 Å². The average molecular weight is 452 g/mol. The van der Waals surface area contributed by atoms with Gasteiger partial charge >= 0.3 is 0 Å². The second-order valence-corrected chi connectivity index (χ2v) is 6.58. The molecule has 0 fully saturated rings. The van der Waals surface area contributed by atoms with E-state index >= 15 is 0 Å². The number of halogens is 1. The third-order valence-corrected chi connectivity index (χ3v) is 4.37. The summed E-state index contributed by atoms with van der Waals surface area (Å²) in [5.74, 6) is 4.12. The largest absolute Gasteiger partial charge is 0.357 e. The molecule has 0 bridgehead atoms. The molecule has 0 saturated heterocycles. The predicted octanol–water partition coefficient (Wildman–Crippen LogP) is 2.22. The van der Waals surface area contributed by atoms with Gasteiger partial charge in [0.15, 0.2) is 5.96 Å². The van der Waals surface area contributed by atoms with Crippen LogP contribution in [0.1, 0.15) is 37.8 Å². The number of guanidine groups is 1. The van der Waals surface area contributed by atoms with Crippen LogP contribution in [0.4, 0.5) is 0 Å². The van der Waals surface area contributed by atoms with E-state index in [0.29, 0.717) is 6.04 Å². The van der Waals surface area contributed by atoms with Gasteiger partial charge in [-0.15, -0.1) is 24.0 Å². The zero-order valence-corrected chi connectivity index (χ0v) is 17.5. The Kier molecular flexibility index (Phi) is 9.92. The molecule has 1 aromatic heterocycles. The topological polar surface area (TPSA) is 67.1 Å². The minimum atomic E-state index is 0. The maximum atomic E-state index is 4.68.